The Labute approximate surface area is 59.8 Å². The van der Waals surface area contributed by atoms with E-state index in [0.717, 1.165) is 12.8 Å². The minimum Gasteiger partial charge on any atom is -0.309 e. The van der Waals surface area contributed by atoms with Gasteiger partial charge in [-0.1, -0.05) is 12.8 Å². The Hall–Kier alpha value is -0.180. The monoisotopic (exact) mass is 149 g/mol. The molecular weight excluding hydrogens is 136 g/mol. The minimum atomic E-state index is -2.21. The van der Waals surface area contributed by atoms with Gasteiger partial charge in [0.25, 0.3) is 6.43 Å². The topological polar surface area (TPSA) is 12.0 Å². The summed E-state index contributed by atoms with van der Waals surface area (Å²) in [5.41, 5.74) is -0.847. The van der Waals surface area contributed by atoms with Gasteiger partial charge in [-0.2, -0.15) is 0 Å². The van der Waals surface area contributed by atoms with E-state index in [1.165, 1.54) is 0 Å². The van der Waals surface area contributed by atoms with Crippen molar-refractivity contribution < 1.29 is 8.78 Å². The van der Waals surface area contributed by atoms with Crippen LogP contribution in [0.3, 0.4) is 0 Å². The van der Waals surface area contributed by atoms with E-state index in [-0.39, 0.29) is 0 Å². The number of hydrogen-bond donors (Lipinski definition) is 1. The summed E-state index contributed by atoms with van der Waals surface area (Å²) in [6, 6.07) is 0. The second kappa shape index (κ2) is 2.82. The molecule has 10 heavy (non-hydrogen) atoms. The number of nitrogens with one attached hydrogen (secondary N) is 1. The van der Waals surface area contributed by atoms with Crippen molar-refractivity contribution in [1.82, 2.24) is 5.32 Å². The van der Waals surface area contributed by atoms with Gasteiger partial charge >= 0.3 is 0 Å². The lowest BCUT2D eigenvalue weighted by molar-refractivity contribution is 0.0381. The molecule has 1 rings (SSSR count). The highest BCUT2D eigenvalue weighted by atomic mass is 19.3. The third kappa shape index (κ3) is 1.15. The van der Waals surface area contributed by atoms with Gasteiger partial charge in [-0.15, -0.1) is 0 Å². The van der Waals surface area contributed by atoms with Gasteiger partial charge < -0.3 is 5.32 Å². The van der Waals surface area contributed by atoms with Crippen LogP contribution >= 0.6 is 0 Å². The van der Waals surface area contributed by atoms with E-state index in [9.17, 15) is 8.78 Å². The molecule has 0 heterocycles. The lowest BCUT2D eigenvalue weighted by Gasteiger charge is -2.26. The number of alkyl halides is 2. The summed E-state index contributed by atoms with van der Waals surface area (Å²) < 4.78 is 24.7. The van der Waals surface area contributed by atoms with E-state index in [4.69, 9.17) is 0 Å². The Morgan fingerprint density at radius 2 is 1.80 bits per heavy atom. The standard InChI is InChI=1S/C7H13F2N/c1-10-7(6(8)9)4-2-3-5-7/h6,10H,2-5H2,1H3. The molecule has 1 fully saturated rings. The van der Waals surface area contributed by atoms with Crippen LogP contribution in [0.5, 0.6) is 0 Å². The third-order valence-corrected chi connectivity index (χ3v) is 2.41. The molecule has 0 saturated heterocycles. The van der Waals surface area contributed by atoms with Gasteiger partial charge in [0.15, 0.2) is 0 Å². The molecule has 0 amide bonds. The maximum absolute atomic E-state index is 12.3. The molecule has 0 spiro atoms. The lowest BCUT2D eigenvalue weighted by atomic mass is 9.99. The Kier molecular flexibility index (Phi) is 2.24. The summed E-state index contributed by atoms with van der Waals surface area (Å²) in [7, 11) is 1.62. The molecule has 0 aromatic rings. The van der Waals surface area contributed by atoms with Crippen molar-refractivity contribution in [2.75, 3.05) is 7.05 Å². The molecule has 3 heteroatoms. The van der Waals surface area contributed by atoms with E-state index < -0.39 is 12.0 Å². The molecule has 0 aromatic heterocycles. The van der Waals surface area contributed by atoms with Crippen LogP contribution in [0.2, 0.25) is 0 Å². The summed E-state index contributed by atoms with van der Waals surface area (Å²) in [5, 5.41) is 2.73. The highest BCUT2D eigenvalue weighted by Crippen LogP contribution is 2.34. The molecule has 1 N–H and O–H groups in total. The second-order valence-corrected chi connectivity index (χ2v) is 2.91. The summed E-state index contributed by atoms with van der Waals surface area (Å²) in [5.74, 6) is 0. The fourth-order valence-corrected chi connectivity index (χ4v) is 1.58. The van der Waals surface area contributed by atoms with Crippen LogP contribution in [0.25, 0.3) is 0 Å². The molecule has 0 aromatic carbocycles. The molecule has 0 unspecified atom stereocenters. The molecule has 60 valence electrons. The highest BCUT2D eigenvalue weighted by Gasteiger charge is 2.40. The lowest BCUT2D eigenvalue weighted by Crippen LogP contribution is -2.46. The van der Waals surface area contributed by atoms with Crippen LogP contribution in [0.15, 0.2) is 0 Å². The molecule has 0 aliphatic heterocycles. The van der Waals surface area contributed by atoms with E-state index in [1.807, 2.05) is 0 Å². The predicted octanol–water partition coefficient (Wildman–Crippen LogP) is 1.78. The van der Waals surface area contributed by atoms with Crippen molar-refractivity contribution in [2.45, 2.75) is 37.6 Å². The normalized spacial score (nSPS) is 24.0. The van der Waals surface area contributed by atoms with Crippen LogP contribution < -0.4 is 5.32 Å². The molecule has 1 aliphatic rings. The molecular formula is C7H13F2N. The zero-order valence-corrected chi connectivity index (χ0v) is 6.16. The van der Waals surface area contributed by atoms with Crippen LogP contribution in [-0.4, -0.2) is 19.0 Å². The van der Waals surface area contributed by atoms with Gasteiger partial charge in [0, 0.05) is 0 Å². The van der Waals surface area contributed by atoms with Crippen LogP contribution in [0.4, 0.5) is 8.78 Å². The second-order valence-electron chi connectivity index (χ2n) is 2.91. The first-order chi connectivity index (χ1) is 4.71. The fourth-order valence-electron chi connectivity index (χ4n) is 1.58. The quantitative estimate of drug-likeness (QED) is 0.631. The zero-order chi connectivity index (χ0) is 7.61. The van der Waals surface area contributed by atoms with Crippen molar-refractivity contribution in [2.24, 2.45) is 0 Å². The molecule has 0 bridgehead atoms. The van der Waals surface area contributed by atoms with Crippen LogP contribution in [0.1, 0.15) is 25.7 Å². The zero-order valence-electron chi connectivity index (χ0n) is 6.16. The number of halogens is 2. The third-order valence-electron chi connectivity index (χ3n) is 2.41. The van der Waals surface area contributed by atoms with Crippen molar-refractivity contribution in [3.05, 3.63) is 0 Å². The van der Waals surface area contributed by atoms with Gasteiger partial charge in [-0.25, -0.2) is 8.78 Å². The summed E-state index contributed by atoms with van der Waals surface area (Å²) in [4.78, 5) is 0. The number of hydrogen-bond acceptors (Lipinski definition) is 1. The van der Waals surface area contributed by atoms with Crippen LogP contribution in [0, 0.1) is 0 Å². The van der Waals surface area contributed by atoms with Crippen LogP contribution in [-0.2, 0) is 0 Å². The smallest absolute Gasteiger partial charge is 0.256 e. The Morgan fingerprint density at radius 1 is 1.30 bits per heavy atom. The minimum absolute atomic E-state index is 0.626. The first-order valence-electron chi connectivity index (χ1n) is 3.68. The first-order valence-corrected chi connectivity index (χ1v) is 3.68. The van der Waals surface area contributed by atoms with E-state index >= 15 is 0 Å². The number of rotatable bonds is 2. The Balaban J connectivity index is 2.58. The van der Waals surface area contributed by atoms with Crippen molar-refractivity contribution >= 4 is 0 Å². The van der Waals surface area contributed by atoms with Gasteiger partial charge in [-0.05, 0) is 19.9 Å². The van der Waals surface area contributed by atoms with E-state index in [2.05, 4.69) is 5.32 Å². The van der Waals surface area contributed by atoms with Crippen molar-refractivity contribution in [1.29, 1.82) is 0 Å². The van der Waals surface area contributed by atoms with Gasteiger partial charge in [-0.3, -0.25) is 0 Å². The highest BCUT2D eigenvalue weighted by molar-refractivity contribution is 4.93. The molecule has 0 radical (unpaired) electrons. The van der Waals surface area contributed by atoms with E-state index in [1.54, 1.807) is 7.05 Å². The maximum atomic E-state index is 12.3. The first kappa shape index (κ1) is 7.92. The average Bonchev–Trinajstić information content (AvgIpc) is 2.35. The van der Waals surface area contributed by atoms with Gasteiger partial charge in [0.05, 0.1) is 5.54 Å². The fraction of sp³-hybridized carbons (Fsp3) is 1.00. The maximum Gasteiger partial charge on any atom is 0.256 e. The molecule has 1 aliphatic carbocycles. The summed E-state index contributed by atoms with van der Waals surface area (Å²) in [6.07, 6.45) is 0.915. The summed E-state index contributed by atoms with van der Waals surface area (Å²) >= 11 is 0. The van der Waals surface area contributed by atoms with Gasteiger partial charge in [0.2, 0.25) is 0 Å². The van der Waals surface area contributed by atoms with Crippen molar-refractivity contribution in [3.63, 3.8) is 0 Å². The van der Waals surface area contributed by atoms with Gasteiger partial charge in [0.1, 0.15) is 0 Å². The van der Waals surface area contributed by atoms with Crippen molar-refractivity contribution in [3.8, 4) is 0 Å². The molecule has 1 nitrogen and oxygen atoms in total. The Morgan fingerprint density at radius 3 is 2.00 bits per heavy atom. The van der Waals surface area contributed by atoms with E-state index in [0.29, 0.717) is 12.8 Å². The SMILES string of the molecule is CNC1(C(F)F)CCCC1. The summed E-state index contributed by atoms with van der Waals surface area (Å²) in [6.45, 7) is 0. The largest absolute Gasteiger partial charge is 0.309 e. The molecule has 1 saturated carbocycles. The predicted molar refractivity (Wildman–Crippen MR) is 36.3 cm³/mol. The average molecular weight is 149 g/mol. The Bertz CT molecular complexity index is 108. The molecule has 0 atom stereocenters.